The lowest BCUT2D eigenvalue weighted by Gasteiger charge is -2.32. The fraction of sp³-hybridized carbons (Fsp3) is 0.357. The molecule has 2 unspecified atom stereocenters. The Hall–Kier alpha value is -1.91. The largest absolute Gasteiger partial charge is 0.363 e. The number of alkyl halides is 2. The molecular formula is C14H15F2N3. The Morgan fingerprint density at radius 1 is 1.32 bits per heavy atom. The van der Waals surface area contributed by atoms with Gasteiger partial charge in [0.1, 0.15) is 11.9 Å². The maximum absolute atomic E-state index is 13.2. The van der Waals surface area contributed by atoms with Crippen LogP contribution in [0, 0.1) is 6.92 Å². The summed E-state index contributed by atoms with van der Waals surface area (Å²) < 4.78 is 27.8. The zero-order valence-electron chi connectivity index (χ0n) is 10.6. The number of hydrogen-bond donors (Lipinski definition) is 1. The molecule has 0 saturated heterocycles. The summed E-state index contributed by atoms with van der Waals surface area (Å²) in [5.41, 5.74) is 1.78. The van der Waals surface area contributed by atoms with Crippen molar-refractivity contribution in [1.82, 2.24) is 9.78 Å². The summed E-state index contributed by atoms with van der Waals surface area (Å²) in [7, 11) is 0. The van der Waals surface area contributed by atoms with Crippen LogP contribution in [-0.2, 0) is 0 Å². The van der Waals surface area contributed by atoms with Gasteiger partial charge in [-0.1, -0.05) is 30.3 Å². The van der Waals surface area contributed by atoms with Crippen LogP contribution in [0.15, 0.2) is 36.4 Å². The van der Waals surface area contributed by atoms with Crippen molar-refractivity contribution >= 4 is 5.82 Å². The molecule has 0 radical (unpaired) electrons. The zero-order chi connectivity index (χ0) is 13.4. The predicted molar refractivity (Wildman–Crippen MR) is 69.4 cm³/mol. The van der Waals surface area contributed by atoms with E-state index in [4.69, 9.17) is 0 Å². The first-order valence-electron chi connectivity index (χ1n) is 6.31. The lowest BCUT2D eigenvalue weighted by Crippen LogP contribution is -2.30. The molecule has 0 amide bonds. The standard InChI is InChI=1S/C14H15F2N3/c1-9-7-13-17-11(10-5-3-2-4-6-10)8-12(14(15)16)19(13)18-9/h2-7,11-12,14,17H,8H2,1H3. The molecule has 1 aromatic heterocycles. The molecule has 0 fully saturated rings. The van der Waals surface area contributed by atoms with Crippen molar-refractivity contribution in [2.24, 2.45) is 0 Å². The van der Waals surface area contributed by atoms with Gasteiger partial charge in [0.05, 0.1) is 11.7 Å². The number of nitrogens with zero attached hydrogens (tertiary/aromatic N) is 2. The highest BCUT2D eigenvalue weighted by Gasteiger charge is 2.33. The van der Waals surface area contributed by atoms with E-state index in [2.05, 4.69) is 10.4 Å². The van der Waals surface area contributed by atoms with Gasteiger partial charge in [-0.15, -0.1) is 0 Å². The molecule has 1 aliphatic rings. The minimum Gasteiger partial charge on any atom is -0.363 e. The predicted octanol–water partition coefficient (Wildman–Crippen LogP) is 3.55. The highest BCUT2D eigenvalue weighted by Crippen LogP contribution is 2.37. The van der Waals surface area contributed by atoms with Gasteiger partial charge in [0.15, 0.2) is 0 Å². The Balaban J connectivity index is 1.97. The van der Waals surface area contributed by atoms with Crippen LogP contribution in [-0.4, -0.2) is 16.2 Å². The van der Waals surface area contributed by atoms with E-state index in [1.807, 2.05) is 43.3 Å². The van der Waals surface area contributed by atoms with Gasteiger partial charge in [-0.05, 0) is 18.9 Å². The molecule has 0 spiro atoms. The maximum Gasteiger partial charge on any atom is 0.260 e. The second kappa shape index (κ2) is 4.64. The van der Waals surface area contributed by atoms with Crippen LogP contribution in [0.4, 0.5) is 14.6 Å². The van der Waals surface area contributed by atoms with E-state index < -0.39 is 12.5 Å². The molecule has 19 heavy (non-hydrogen) atoms. The van der Waals surface area contributed by atoms with E-state index in [0.717, 1.165) is 11.3 Å². The first kappa shape index (κ1) is 12.1. The van der Waals surface area contributed by atoms with Crippen LogP contribution in [0.1, 0.15) is 29.8 Å². The molecule has 1 aromatic carbocycles. The van der Waals surface area contributed by atoms with E-state index in [-0.39, 0.29) is 6.04 Å². The highest BCUT2D eigenvalue weighted by molar-refractivity contribution is 5.43. The third-order valence-electron chi connectivity index (χ3n) is 3.46. The van der Waals surface area contributed by atoms with Crippen molar-refractivity contribution in [3.05, 3.63) is 47.7 Å². The van der Waals surface area contributed by atoms with E-state index in [1.54, 1.807) is 0 Å². The van der Waals surface area contributed by atoms with Gasteiger partial charge in [0, 0.05) is 6.07 Å². The van der Waals surface area contributed by atoms with Gasteiger partial charge in [0.2, 0.25) is 0 Å². The Morgan fingerprint density at radius 2 is 2.05 bits per heavy atom. The Kier molecular flexibility index (Phi) is 2.97. The Labute approximate surface area is 110 Å². The van der Waals surface area contributed by atoms with Crippen molar-refractivity contribution in [3.63, 3.8) is 0 Å². The summed E-state index contributed by atoms with van der Waals surface area (Å²) in [5.74, 6) is 0.669. The van der Waals surface area contributed by atoms with E-state index >= 15 is 0 Å². The molecule has 0 saturated carbocycles. The van der Waals surface area contributed by atoms with Crippen LogP contribution < -0.4 is 5.32 Å². The number of rotatable bonds is 2. The van der Waals surface area contributed by atoms with Crippen molar-refractivity contribution in [3.8, 4) is 0 Å². The van der Waals surface area contributed by atoms with Crippen LogP contribution in [0.2, 0.25) is 0 Å². The minimum absolute atomic E-state index is 0.0937. The smallest absolute Gasteiger partial charge is 0.260 e. The quantitative estimate of drug-likeness (QED) is 0.898. The molecule has 100 valence electrons. The molecule has 2 heterocycles. The second-order valence-corrected chi connectivity index (χ2v) is 4.86. The Morgan fingerprint density at radius 3 is 2.74 bits per heavy atom. The average molecular weight is 263 g/mol. The first-order valence-corrected chi connectivity index (χ1v) is 6.31. The fourth-order valence-corrected chi connectivity index (χ4v) is 2.57. The fourth-order valence-electron chi connectivity index (χ4n) is 2.57. The molecule has 2 atom stereocenters. The molecular weight excluding hydrogens is 248 g/mol. The lowest BCUT2D eigenvalue weighted by atomic mass is 9.97. The summed E-state index contributed by atoms with van der Waals surface area (Å²) in [6.45, 7) is 1.81. The number of aryl methyl sites for hydroxylation is 1. The first-order chi connectivity index (χ1) is 9.15. The third kappa shape index (κ3) is 2.20. The second-order valence-electron chi connectivity index (χ2n) is 4.86. The van der Waals surface area contributed by atoms with Gasteiger partial charge in [0.25, 0.3) is 6.43 Å². The van der Waals surface area contributed by atoms with Crippen molar-refractivity contribution in [2.75, 3.05) is 5.32 Å². The molecule has 1 N–H and O–H groups in total. The van der Waals surface area contributed by atoms with Crippen LogP contribution >= 0.6 is 0 Å². The maximum atomic E-state index is 13.2. The van der Waals surface area contributed by atoms with Gasteiger partial charge in [-0.3, -0.25) is 0 Å². The molecule has 0 bridgehead atoms. The number of halogens is 2. The van der Waals surface area contributed by atoms with Crippen molar-refractivity contribution in [1.29, 1.82) is 0 Å². The van der Waals surface area contributed by atoms with Gasteiger partial charge < -0.3 is 5.32 Å². The summed E-state index contributed by atoms with van der Waals surface area (Å²) in [6.07, 6.45) is -2.07. The SMILES string of the molecule is Cc1cc2n(n1)C(C(F)F)CC(c1ccccc1)N2. The third-order valence-corrected chi connectivity index (χ3v) is 3.46. The minimum atomic E-state index is -2.41. The van der Waals surface area contributed by atoms with Gasteiger partial charge in [-0.2, -0.15) is 5.10 Å². The molecule has 2 aromatic rings. The summed E-state index contributed by atoms with van der Waals surface area (Å²) >= 11 is 0. The van der Waals surface area contributed by atoms with E-state index in [0.29, 0.717) is 12.2 Å². The highest BCUT2D eigenvalue weighted by atomic mass is 19.3. The number of aromatic nitrogens is 2. The normalized spacial score (nSPS) is 22.1. The lowest BCUT2D eigenvalue weighted by molar-refractivity contribution is 0.0657. The van der Waals surface area contributed by atoms with Crippen molar-refractivity contribution in [2.45, 2.75) is 31.9 Å². The number of benzene rings is 1. The number of hydrogen-bond acceptors (Lipinski definition) is 2. The van der Waals surface area contributed by atoms with E-state index in [1.165, 1.54) is 4.68 Å². The van der Waals surface area contributed by atoms with Crippen LogP contribution in [0.25, 0.3) is 0 Å². The summed E-state index contributed by atoms with van der Waals surface area (Å²) in [6, 6.07) is 10.5. The number of fused-ring (bicyclic) bond motifs is 1. The molecule has 1 aliphatic heterocycles. The molecule has 3 rings (SSSR count). The van der Waals surface area contributed by atoms with E-state index in [9.17, 15) is 8.78 Å². The Bertz CT molecular complexity index is 565. The topological polar surface area (TPSA) is 29.9 Å². The van der Waals surface area contributed by atoms with Crippen molar-refractivity contribution < 1.29 is 8.78 Å². The molecule has 3 nitrogen and oxygen atoms in total. The zero-order valence-corrected chi connectivity index (χ0v) is 10.6. The van der Waals surface area contributed by atoms with Gasteiger partial charge >= 0.3 is 0 Å². The van der Waals surface area contributed by atoms with Crippen LogP contribution in [0.5, 0.6) is 0 Å². The van der Waals surface area contributed by atoms with Crippen LogP contribution in [0.3, 0.4) is 0 Å². The summed E-state index contributed by atoms with van der Waals surface area (Å²) in [5, 5.41) is 7.44. The summed E-state index contributed by atoms with van der Waals surface area (Å²) in [4.78, 5) is 0. The van der Waals surface area contributed by atoms with Gasteiger partial charge in [-0.25, -0.2) is 13.5 Å². The molecule has 0 aliphatic carbocycles. The average Bonchev–Trinajstić information content (AvgIpc) is 2.78. The number of nitrogens with one attached hydrogen (secondary N) is 1. The molecule has 5 heteroatoms. The monoisotopic (exact) mass is 263 g/mol. The number of anilines is 1.